The van der Waals surface area contributed by atoms with Gasteiger partial charge in [0.05, 0.1) is 6.54 Å². The lowest BCUT2D eigenvalue weighted by atomic mass is 10.1. The van der Waals surface area contributed by atoms with Crippen LogP contribution in [0.5, 0.6) is 0 Å². The number of amides is 1. The average Bonchev–Trinajstić information content (AvgIpc) is 1.85. The zero-order valence-corrected chi connectivity index (χ0v) is 7.13. The van der Waals surface area contributed by atoms with Gasteiger partial charge in [-0.15, -0.1) is 0 Å². The molecular formula is C7H14N2O2. The zero-order chi connectivity index (χ0) is 8.43. The number of rotatable bonds is 1. The Bertz CT molecular complexity index is 159. The highest BCUT2D eigenvalue weighted by atomic mass is 16.6. The minimum absolute atomic E-state index is 0.0220. The first kappa shape index (κ1) is 8.33. The normalized spacial score (nSPS) is 26.5. The molecule has 1 amide bonds. The van der Waals surface area contributed by atoms with Crippen molar-refractivity contribution in [1.82, 2.24) is 10.4 Å². The van der Waals surface area contributed by atoms with Crippen LogP contribution in [0.3, 0.4) is 0 Å². The molecule has 1 aliphatic rings. The molecule has 0 aliphatic carbocycles. The molecule has 0 aromatic carbocycles. The Balaban J connectivity index is 2.49. The van der Waals surface area contributed by atoms with E-state index in [1.165, 1.54) is 0 Å². The second-order valence-corrected chi connectivity index (χ2v) is 3.18. The quantitative estimate of drug-likeness (QED) is 0.607. The van der Waals surface area contributed by atoms with Gasteiger partial charge in [-0.2, -0.15) is 0 Å². The van der Waals surface area contributed by atoms with E-state index in [1.807, 2.05) is 20.9 Å². The van der Waals surface area contributed by atoms with Crippen LogP contribution in [0.4, 0.5) is 4.79 Å². The molecule has 1 rings (SSSR count). The van der Waals surface area contributed by atoms with Crippen molar-refractivity contribution in [3.05, 3.63) is 0 Å². The van der Waals surface area contributed by atoms with E-state index >= 15 is 0 Å². The number of cyclic esters (lactones) is 1. The Morgan fingerprint density at radius 1 is 1.73 bits per heavy atom. The summed E-state index contributed by atoms with van der Waals surface area (Å²) in [5, 5.41) is 1.75. The van der Waals surface area contributed by atoms with Crippen LogP contribution in [-0.2, 0) is 4.74 Å². The van der Waals surface area contributed by atoms with E-state index in [1.54, 1.807) is 5.01 Å². The van der Waals surface area contributed by atoms with Crippen molar-refractivity contribution in [1.29, 1.82) is 0 Å². The van der Waals surface area contributed by atoms with E-state index in [0.29, 0.717) is 5.92 Å². The fourth-order valence-electron chi connectivity index (χ4n) is 1.02. The van der Waals surface area contributed by atoms with Gasteiger partial charge in [0, 0.05) is 7.05 Å². The topological polar surface area (TPSA) is 41.6 Å². The molecule has 1 fully saturated rings. The Morgan fingerprint density at radius 3 is 2.82 bits per heavy atom. The molecule has 11 heavy (non-hydrogen) atoms. The van der Waals surface area contributed by atoms with Crippen LogP contribution in [0.2, 0.25) is 0 Å². The molecule has 4 heteroatoms. The molecule has 64 valence electrons. The summed E-state index contributed by atoms with van der Waals surface area (Å²) < 4.78 is 5.03. The minimum Gasteiger partial charge on any atom is -0.444 e. The third-order valence-electron chi connectivity index (χ3n) is 1.74. The fraction of sp³-hybridized carbons (Fsp3) is 0.857. The fourth-order valence-corrected chi connectivity index (χ4v) is 1.02. The smallest absolute Gasteiger partial charge is 0.422 e. The molecule has 1 atom stereocenters. The van der Waals surface area contributed by atoms with E-state index in [4.69, 9.17) is 4.74 Å². The van der Waals surface area contributed by atoms with Crippen molar-refractivity contribution < 1.29 is 9.53 Å². The van der Waals surface area contributed by atoms with Crippen molar-refractivity contribution >= 4 is 6.09 Å². The van der Waals surface area contributed by atoms with E-state index in [2.05, 4.69) is 5.43 Å². The number of hydrogen-bond acceptors (Lipinski definition) is 3. The molecule has 1 saturated heterocycles. The molecule has 0 spiro atoms. The van der Waals surface area contributed by atoms with E-state index in [0.717, 1.165) is 6.54 Å². The molecule has 0 saturated carbocycles. The second-order valence-electron chi connectivity index (χ2n) is 3.18. The van der Waals surface area contributed by atoms with Crippen LogP contribution in [-0.4, -0.2) is 30.8 Å². The van der Waals surface area contributed by atoms with Crippen LogP contribution in [0.25, 0.3) is 0 Å². The highest BCUT2D eigenvalue weighted by Gasteiger charge is 2.25. The number of nitrogens with one attached hydrogen (secondary N) is 1. The van der Waals surface area contributed by atoms with E-state index in [9.17, 15) is 4.79 Å². The SMILES string of the molecule is CC(C)C1CN(C)NC(=O)O1. The molecule has 0 aromatic heterocycles. The summed E-state index contributed by atoms with van der Waals surface area (Å²) in [4.78, 5) is 10.8. The molecular weight excluding hydrogens is 144 g/mol. The third-order valence-corrected chi connectivity index (χ3v) is 1.74. The van der Waals surface area contributed by atoms with Crippen LogP contribution in [0.1, 0.15) is 13.8 Å². The first-order chi connectivity index (χ1) is 5.09. The van der Waals surface area contributed by atoms with Crippen LogP contribution in [0.15, 0.2) is 0 Å². The van der Waals surface area contributed by atoms with Gasteiger partial charge in [-0.3, -0.25) is 5.43 Å². The van der Waals surface area contributed by atoms with Crippen molar-refractivity contribution in [2.45, 2.75) is 20.0 Å². The van der Waals surface area contributed by atoms with Gasteiger partial charge in [0.1, 0.15) is 6.10 Å². The Labute approximate surface area is 66.5 Å². The van der Waals surface area contributed by atoms with Crippen molar-refractivity contribution in [3.8, 4) is 0 Å². The molecule has 4 nitrogen and oxygen atoms in total. The number of carbonyl (C=O) groups is 1. The molecule has 1 N–H and O–H groups in total. The molecule has 1 aliphatic heterocycles. The Hall–Kier alpha value is -0.770. The highest BCUT2D eigenvalue weighted by molar-refractivity contribution is 5.67. The maximum atomic E-state index is 10.8. The first-order valence-electron chi connectivity index (χ1n) is 3.78. The predicted octanol–water partition coefficient (Wildman–Crippen LogP) is 0.598. The van der Waals surface area contributed by atoms with Gasteiger partial charge in [0.2, 0.25) is 0 Å². The summed E-state index contributed by atoms with van der Waals surface area (Å²) in [5.74, 6) is 0.378. The highest BCUT2D eigenvalue weighted by Crippen LogP contribution is 2.10. The zero-order valence-electron chi connectivity index (χ0n) is 7.13. The molecule has 0 aromatic rings. The molecule has 1 heterocycles. The monoisotopic (exact) mass is 158 g/mol. The van der Waals surface area contributed by atoms with Gasteiger partial charge in [-0.25, -0.2) is 9.80 Å². The van der Waals surface area contributed by atoms with Gasteiger partial charge in [0.25, 0.3) is 0 Å². The number of likely N-dealkylation sites (N-methyl/N-ethyl adjacent to an activating group) is 1. The summed E-state index contributed by atoms with van der Waals surface area (Å²) in [7, 11) is 1.83. The lowest BCUT2D eigenvalue weighted by molar-refractivity contribution is -0.00676. The number of ether oxygens (including phenoxy) is 1. The largest absolute Gasteiger partial charge is 0.444 e. The van der Waals surface area contributed by atoms with Crippen LogP contribution in [0, 0.1) is 5.92 Å². The minimum atomic E-state index is -0.350. The van der Waals surface area contributed by atoms with Crippen molar-refractivity contribution in [3.63, 3.8) is 0 Å². The van der Waals surface area contributed by atoms with Gasteiger partial charge in [-0.05, 0) is 5.92 Å². The average molecular weight is 158 g/mol. The third kappa shape index (κ3) is 2.08. The maximum absolute atomic E-state index is 10.8. The lowest BCUT2D eigenvalue weighted by Crippen LogP contribution is -2.52. The molecule has 0 radical (unpaired) electrons. The van der Waals surface area contributed by atoms with Gasteiger partial charge in [0.15, 0.2) is 0 Å². The van der Waals surface area contributed by atoms with Crippen LogP contribution >= 0.6 is 0 Å². The Morgan fingerprint density at radius 2 is 2.36 bits per heavy atom. The standard InChI is InChI=1S/C7H14N2O2/c1-5(2)6-4-9(3)8-7(10)11-6/h5-6H,4H2,1-3H3,(H,8,10). The summed E-state index contributed by atoms with van der Waals surface area (Å²) in [6, 6.07) is 0. The summed E-state index contributed by atoms with van der Waals surface area (Å²) in [6.07, 6.45) is -0.328. The van der Waals surface area contributed by atoms with Crippen LogP contribution < -0.4 is 5.43 Å². The molecule has 0 bridgehead atoms. The summed E-state index contributed by atoms with van der Waals surface area (Å²) in [5.41, 5.74) is 2.54. The Kier molecular flexibility index (Phi) is 2.34. The summed E-state index contributed by atoms with van der Waals surface area (Å²) in [6.45, 7) is 4.83. The van der Waals surface area contributed by atoms with Crippen molar-refractivity contribution in [2.24, 2.45) is 5.92 Å². The van der Waals surface area contributed by atoms with Gasteiger partial charge >= 0.3 is 6.09 Å². The van der Waals surface area contributed by atoms with E-state index < -0.39 is 0 Å². The first-order valence-corrected chi connectivity index (χ1v) is 3.78. The van der Waals surface area contributed by atoms with E-state index in [-0.39, 0.29) is 12.2 Å². The predicted molar refractivity (Wildman–Crippen MR) is 40.9 cm³/mol. The van der Waals surface area contributed by atoms with Gasteiger partial charge < -0.3 is 4.74 Å². The number of carbonyl (C=O) groups excluding carboxylic acids is 1. The number of nitrogens with zero attached hydrogens (tertiary/aromatic N) is 1. The molecule has 1 unspecified atom stereocenters. The number of hydrogen-bond donors (Lipinski definition) is 1. The lowest BCUT2D eigenvalue weighted by Gasteiger charge is -2.32. The van der Waals surface area contributed by atoms with Gasteiger partial charge in [-0.1, -0.05) is 13.8 Å². The maximum Gasteiger partial charge on any atom is 0.422 e. The number of hydrazine groups is 1. The summed E-state index contributed by atoms with van der Waals surface area (Å²) >= 11 is 0. The second kappa shape index (κ2) is 3.09. The van der Waals surface area contributed by atoms with Crippen molar-refractivity contribution in [2.75, 3.05) is 13.6 Å².